The molecule has 0 bridgehead atoms. The molecular formula is C49H40IrN4O+. The number of ketones is 1. The Labute approximate surface area is 337 Å². The molecule has 270 valence electrons. The fraction of sp³-hybridized carbons (Fsp3) is 0.0816. The van der Waals surface area contributed by atoms with Crippen molar-refractivity contribution in [3.8, 4) is 67.5 Å². The fourth-order valence-corrected chi connectivity index (χ4v) is 5.69. The first kappa shape index (κ1) is 40.0. The molecule has 0 fully saturated rings. The van der Waals surface area contributed by atoms with E-state index in [4.69, 9.17) is 9.97 Å². The van der Waals surface area contributed by atoms with Crippen molar-refractivity contribution in [2.45, 2.75) is 26.7 Å². The number of rotatable bonds is 8. The molecule has 0 unspecified atom stereocenters. The SMILES string of the molecule is CCCC(C)=O.[Ir+3].[c-]1nc(-c2ccccc2)c(-c2ccccc2)nc1-c1ccccc1.[c-]1nc(-c2ccccc2)c(-c2ccccc2)nc1-c1ccccc1. The Morgan fingerprint density at radius 1 is 0.418 bits per heavy atom. The predicted octanol–water partition coefficient (Wildman–Crippen LogP) is 11.9. The third-order valence-corrected chi connectivity index (χ3v) is 8.33. The van der Waals surface area contributed by atoms with Crippen LogP contribution in [0.4, 0.5) is 0 Å². The molecule has 2 heterocycles. The predicted molar refractivity (Wildman–Crippen MR) is 220 cm³/mol. The molecule has 0 aliphatic heterocycles. The number of hydrogen-bond acceptors (Lipinski definition) is 5. The van der Waals surface area contributed by atoms with Crippen LogP contribution in [0, 0.1) is 12.4 Å². The second-order valence-corrected chi connectivity index (χ2v) is 12.4. The summed E-state index contributed by atoms with van der Waals surface area (Å²) in [4.78, 5) is 29.0. The molecule has 0 amide bonds. The van der Waals surface area contributed by atoms with Gasteiger partial charge in [-0.15, -0.1) is 24.3 Å². The maximum atomic E-state index is 10.0. The molecule has 0 atom stereocenters. The zero-order chi connectivity index (χ0) is 37.4. The Balaban J connectivity index is 0.000000181. The van der Waals surface area contributed by atoms with Crippen LogP contribution in [0.2, 0.25) is 0 Å². The normalized spacial score (nSPS) is 10.1. The third-order valence-electron chi connectivity index (χ3n) is 8.33. The van der Waals surface area contributed by atoms with Gasteiger partial charge in [0.05, 0.1) is 0 Å². The van der Waals surface area contributed by atoms with Gasteiger partial charge < -0.3 is 14.8 Å². The summed E-state index contributed by atoms with van der Waals surface area (Å²) in [6.07, 6.45) is 7.92. The van der Waals surface area contributed by atoms with Gasteiger partial charge in [-0.1, -0.05) is 199 Å². The summed E-state index contributed by atoms with van der Waals surface area (Å²) in [5.41, 5.74) is 11.2. The zero-order valence-electron chi connectivity index (χ0n) is 30.8. The van der Waals surface area contributed by atoms with Gasteiger partial charge in [0.2, 0.25) is 0 Å². The van der Waals surface area contributed by atoms with Gasteiger partial charge in [0.25, 0.3) is 0 Å². The molecular weight excluding hydrogens is 853 g/mol. The van der Waals surface area contributed by atoms with E-state index in [-0.39, 0.29) is 25.9 Å². The van der Waals surface area contributed by atoms with Crippen molar-refractivity contribution in [1.29, 1.82) is 0 Å². The van der Waals surface area contributed by atoms with Crippen LogP contribution in [0.3, 0.4) is 0 Å². The molecule has 0 aliphatic rings. The van der Waals surface area contributed by atoms with Crippen LogP contribution < -0.4 is 0 Å². The van der Waals surface area contributed by atoms with E-state index in [0.29, 0.717) is 0 Å². The van der Waals surface area contributed by atoms with Crippen molar-refractivity contribution in [2.75, 3.05) is 0 Å². The van der Waals surface area contributed by atoms with E-state index in [9.17, 15) is 4.79 Å². The number of benzene rings is 6. The Kier molecular flexibility index (Phi) is 15.2. The van der Waals surface area contributed by atoms with Crippen LogP contribution >= 0.6 is 0 Å². The largest absolute Gasteiger partial charge is 3.00 e. The van der Waals surface area contributed by atoms with E-state index in [1.165, 1.54) is 0 Å². The molecule has 8 aromatic rings. The fourth-order valence-electron chi connectivity index (χ4n) is 5.69. The molecule has 55 heavy (non-hydrogen) atoms. The van der Waals surface area contributed by atoms with Crippen LogP contribution in [0.25, 0.3) is 67.5 Å². The standard InChI is InChI=1S/2C22H15N2.C5H10O.Ir/c2*1-4-10-17(11-5-1)20-16-23-21(18-12-6-2-7-13-18)22(24-20)19-14-8-3-9-15-19;1-3-4-5(2)6;/h2*1-15H;3-4H2,1-2H3;/q2*-1;;+3. The molecule has 0 radical (unpaired) electrons. The Hall–Kier alpha value is -6.20. The molecule has 0 saturated heterocycles. The van der Waals surface area contributed by atoms with Gasteiger partial charge in [0.15, 0.2) is 0 Å². The summed E-state index contributed by atoms with van der Waals surface area (Å²) >= 11 is 0. The number of carbonyl (C=O) groups excluding carboxylic acids is 1. The molecule has 0 N–H and O–H groups in total. The zero-order valence-corrected chi connectivity index (χ0v) is 33.2. The molecule has 6 heteroatoms. The summed E-state index contributed by atoms with van der Waals surface area (Å²) in [6, 6.07) is 60.6. The van der Waals surface area contributed by atoms with Crippen molar-refractivity contribution in [3.05, 3.63) is 194 Å². The summed E-state index contributed by atoms with van der Waals surface area (Å²) in [7, 11) is 0. The van der Waals surface area contributed by atoms with Gasteiger partial charge in [-0.3, -0.25) is 9.97 Å². The van der Waals surface area contributed by atoms with Crippen molar-refractivity contribution < 1.29 is 24.9 Å². The van der Waals surface area contributed by atoms with Crippen molar-refractivity contribution in [2.24, 2.45) is 0 Å². The van der Waals surface area contributed by atoms with Gasteiger partial charge >= 0.3 is 20.1 Å². The van der Waals surface area contributed by atoms with Crippen molar-refractivity contribution in [3.63, 3.8) is 0 Å². The minimum absolute atomic E-state index is 0. The minimum Gasteiger partial charge on any atom is -0.381 e. The summed E-state index contributed by atoms with van der Waals surface area (Å²) < 4.78 is 0. The van der Waals surface area contributed by atoms with Gasteiger partial charge in [-0.2, -0.15) is 0 Å². The Bertz CT molecular complexity index is 2180. The smallest absolute Gasteiger partial charge is 0.381 e. The van der Waals surface area contributed by atoms with E-state index < -0.39 is 0 Å². The maximum Gasteiger partial charge on any atom is 3.00 e. The number of Topliss-reactive ketones (excluding diaryl/α,β-unsaturated/α-hetero) is 1. The topological polar surface area (TPSA) is 68.6 Å². The average molecular weight is 893 g/mol. The first-order valence-electron chi connectivity index (χ1n) is 18.0. The summed E-state index contributed by atoms with van der Waals surface area (Å²) in [5, 5.41) is 0. The Morgan fingerprint density at radius 3 is 0.909 bits per heavy atom. The van der Waals surface area contributed by atoms with E-state index in [0.717, 1.165) is 80.4 Å². The van der Waals surface area contributed by atoms with Crippen LogP contribution in [0.15, 0.2) is 182 Å². The average Bonchev–Trinajstić information content (AvgIpc) is 3.25. The minimum atomic E-state index is 0. The van der Waals surface area contributed by atoms with Crippen molar-refractivity contribution in [1.82, 2.24) is 19.9 Å². The first-order chi connectivity index (χ1) is 26.6. The van der Waals surface area contributed by atoms with Crippen LogP contribution in [0.5, 0.6) is 0 Å². The molecule has 0 aliphatic carbocycles. The van der Waals surface area contributed by atoms with E-state index in [1.807, 2.05) is 165 Å². The number of nitrogens with zero attached hydrogens (tertiary/aromatic N) is 4. The molecule has 0 saturated carbocycles. The quantitative estimate of drug-likeness (QED) is 0.142. The van der Waals surface area contributed by atoms with Gasteiger partial charge in [-0.05, 0) is 47.2 Å². The summed E-state index contributed by atoms with van der Waals surface area (Å²) in [5.74, 6) is 0.289. The van der Waals surface area contributed by atoms with E-state index in [1.54, 1.807) is 6.92 Å². The second kappa shape index (κ2) is 20.9. The molecule has 2 aromatic heterocycles. The number of hydrogen-bond donors (Lipinski definition) is 0. The molecule has 0 spiro atoms. The van der Waals surface area contributed by atoms with Gasteiger partial charge in [0.1, 0.15) is 5.78 Å². The third kappa shape index (κ3) is 11.2. The van der Waals surface area contributed by atoms with Crippen LogP contribution in [0.1, 0.15) is 26.7 Å². The van der Waals surface area contributed by atoms with Crippen LogP contribution in [-0.2, 0) is 24.9 Å². The summed E-state index contributed by atoms with van der Waals surface area (Å²) in [6.45, 7) is 3.62. The van der Waals surface area contributed by atoms with E-state index >= 15 is 0 Å². The number of carbonyl (C=O) groups is 1. The van der Waals surface area contributed by atoms with E-state index in [2.05, 4.69) is 46.6 Å². The maximum absolute atomic E-state index is 10.0. The van der Waals surface area contributed by atoms with Gasteiger partial charge in [0, 0.05) is 17.8 Å². The molecule has 6 aromatic carbocycles. The molecule has 8 rings (SSSR count). The Morgan fingerprint density at radius 2 is 0.673 bits per heavy atom. The second-order valence-electron chi connectivity index (χ2n) is 12.4. The monoisotopic (exact) mass is 893 g/mol. The first-order valence-corrected chi connectivity index (χ1v) is 18.0. The van der Waals surface area contributed by atoms with Gasteiger partial charge in [-0.25, -0.2) is 0 Å². The van der Waals surface area contributed by atoms with Crippen molar-refractivity contribution >= 4 is 5.78 Å². The number of aromatic nitrogens is 4. The van der Waals surface area contributed by atoms with Crippen LogP contribution in [-0.4, -0.2) is 25.7 Å². The molecule has 5 nitrogen and oxygen atoms in total.